The van der Waals surface area contributed by atoms with Crippen LogP contribution in [0.4, 0.5) is 0 Å². The third kappa shape index (κ3) is 1.60. The van der Waals surface area contributed by atoms with Gasteiger partial charge >= 0.3 is 0 Å². The molecule has 2 nitrogen and oxygen atoms in total. The van der Waals surface area contributed by atoms with Gasteiger partial charge in [0.15, 0.2) is 0 Å². The predicted octanol–water partition coefficient (Wildman–Crippen LogP) is 2.37. The van der Waals surface area contributed by atoms with Crippen LogP contribution in [0.2, 0.25) is 5.02 Å². The lowest BCUT2D eigenvalue weighted by atomic mass is 9.99. The van der Waals surface area contributed by atoms with Crippen LogP contribution in [-0.2, 0) is 6.42 Å². The maximum absolute atomic E-state index is 9.05. The Morgan fingerprint density at radius 1 is 1.57 bits per heavy atom. The van der Waals surface area contributed by atoms with Gasteiger partial charge in [0.25, 0.3) is 0 Å². The summed E-state index contributed by atoms with van der Waals surface area (Å²) >= 11 is 6.07. The molecule has 14 heavy (non-hydrogen) atoms. The lowest BCUT2D eigenvalue weighted by Crippen LogP contribution is -1.99. The highest BCUT2D eigenvalue weighted by molar-refractivity contribution is 6.32. The Hall–Kier alpha value is -0.730. The van der Waals surface area contributed by atoms with E-state index in [0.717, 1.165) is 23.3 Å². The van der Waals surface area contributed by atoms with Crippen molar-refractivity contribution in [2.24, 2.45) is 0 Å². The topological polar surface area (TPSA) is 29.5 Å². The molecule has 0 amide bonds. The van der Waals surface area contributed by atoms with Crippen molar-refractivity contribution in [3.63, 3.8) is 0 Å². The van der Waals surface area contributed by atoms with Gasteiger partial charge in [-0.15, -0.1) is 0 Å². The first kappa shape index (κ1) is 9.81. The summed E-state index contributed by atoms with van der Waals surface area (Å²) in [6.07, 6.45) is 0.918. The largest absolute Gasteiger partial charge is 0.491 e. The summed E-state index contributed by atoms with van der Waals surface area (Å²) < 4.78 is 5.40. The van der Waals surface area contributed by atoms with Crippen LogP contribution in [0.5, 0.6) is 5.75 Å². The molecule has 1 N–H and O–H groups in total. The minimum Gasteiger partial charge on any atom is -0.491 e. The Kier molecular flexibility index (Phi) is 2.66. The molecule has 0 fully saturated rings. The van der Waals surface area contributed by atoms with Crippen molar-refractivity contribution in [1.82, 2.24) is 0 Å². The highest BCUT2D eigenvalue weighted by Gasteiger charge is 2.18. The summed E-state index contributed by atoms with van der Waals surface area (Å²) in [7, 11) is 0. The van der Waals surface area contributed by atoms with Crippen LogP contribution < -0.4 is 4.74 Å². The van der Waals surface area contributed by atoms with Gasteiger partial charge in [0.2, 0.25) is 0 Å². The molecule has 0 spiro atoms. The van der Waals surface area contributed by atoms with Gasteiger partial charge in [-0.25, -0.2) is 0 Å². The van der Waals surface area contributed by atoms with Gasteiger partial charge in [-0.2, -0.15) is 0 Å². The number of ether oxygens (including phenoxy) is 1. The van der Waals surface area contributed by atoms with E-state index >= 15 is 0 Å². The zero-order valence-electron chi connectivity index (χ0n) is 8.09. The van der Waals surface area contributed by atoms with E-state index in [1.165, 1.54) is 0 Å². The van der Waals surface area contributed by atoms with E-state index in [9.17, 15) is 0 Å². The van der Waals surface area contributed by atoms with Gasteiger partial charge in [-0.05, 0) is 17.2 Å². The van der Waals surface area contributed by atoms with E-state index in [0.29, 0.717) is 11.6 Å². The second-order valence-electron chi connectivity index (χ2n) is 3.67. The molecule has 1 aromatic carbocycles. The summed E-state index contributed by atoms with van der Waals surface area (Å²) in [5.41, 5.74) is 2.24. The van der Waals surface area contributed by atoms with Crippen molar-refractivity contribution in [2.45, 2.75) is 19.3 Å². The quantitative estimate of drug-likeness (QED) is 0.816. The smallest absolute Gasteiger partial charge is 0.141 e. The fourth-order valence-electron chi connectivity index (χ4n) is 1.67. The summed E-state index contributed by atoms with van der Waals surface area (Å²) in [4.78, 5) is 0. The lowest BCUT2D eigenvalue weighted by molar-refractivity contribution is 0.273. The van der Waals surface area contributed by atoms with Gasteiger partial charge in [-0.3, -0.25) is 0 Å². The second-order valence-corrected chi connectivity index (χ2v) is 4.08. The van der Waals surface area contributed by atoms with Gasteiger partial charge < -0.3 is 9.84 Å². The van der Waals surface area contributed by atoms with Crippen molar-refractivity contribution in [3.8, 4) is 5.75 Å². The third-order valence-corrected chi connectivity index (χ3v) is 2.88. The Morgan fingerprint density at radius 3 is 3.07 bits per heavy atom. The van der Waals surface area contributed by atoms with E-state index < -0.39 is 0 Å². The molecular formula is C11H13ClO2. The van der Waals surface area contributed by atoms with Gasteiger partial charge in [0, 0.05) is 18.9 Å². The van der Waals surface area contributed by atoms with E-state index in [-0.39, 0.29) is 12.5 Å². The third-order valence-electron chi connectivity index (χ3n) is 2.60. The fourth-order valence-corrected chi connectivity index (χ4v) is 1.98. The highest BCUT2D eigenvalue weighted by Crippen LogP contribution is 2.36. The van der Waals surface area contributed by atoms with Crippen LogP contribution in [0.1, 0.15) is 24.0 Å². The molecule has 0 aliphatic carbocycles. The van der Waals surface area contributed by atoms with Crippen molar-refractivity contribution < 1.29 is 9.84 Å². The Labute approximate surface area is 88.5 Å². The van der Waals surface area contributed by atoms with Gasteiger partial charge in [-0.1, -0.05) is 24.6 Å². The standard InChI is InChI=1S/C11H13ClO2/c1-7(6-13)9-4-8-2-3-14-11(8)10(12)5-9/h4-5,7,13H,2-3,6H2,1H3. The molecule has 0 aromatic heterocycles. The average Bonchev–Trinajstić information content (AvgIpc) is 2.64. The summed E-state index contributed by atoms with van der Waals surface area (Å²) in [6, 6.07) is 3.96. The van der Waals surface area contributed by atoms with E-state index in [4.69, 9.17) is 21.4 Å². The Morgan fingerprint density at radius 2 is 2.36 bits per heavy atom. The molecule has 1 heterocycles. The van der Waals surface area contributed by atoms with Crippen molar-refractivity contribution in [2.75, 3.05) is 13.2 Å². The van der Waals surface area contributed by atoms with Crippen LogP contribution in [0.25, 0.3) is 0 Å². The molecule has 3 heteroatoms. The maximum atomic E-state index is 9.05. The summed E-state index contributed by atoms with van der Waals surface area (Å²) in [6.45, 7) is 2.84. The molecular weight excluding hydrogens is 200 g/mol. The van der Waals surface area contributed by atoms with Crippen molar-refractivity contribution in [1.29, 1.82) is 0 Å². The van der Waals surface area contributed by atoms with Gasteiger partial charge in [0.1, 0.15) is 5.75 Å². The first-order chi connectivity index (χ1) is 6.72. The van der Waals surface area contributed by atoms with E-state index in [1.54, 1.807) is 0 Å². The fraction of sp³-hybridized carbons (Fsp3) is 0.455. The van der Waals surface area contributed by atoms with E-state index in [1.807, 2.05) is 13.0 Å². The predicted molar refractivity (Wildman–Crippen MR) is 56.2 cm³/mol. The number of fused-ring (bicyclic) bond motifs is 1. The number of hydrogen-bond donors (Lipinski definition) is 1. The molecule has 1 atom stereocenters. The molecule has 1 aliphatic rings. The number of hydrogen-bond acceptors (Lipinski definition) is 2. The number of aliphatic hydroxyl groups is 1. The molecule has 0 saturated heterocycles. The molecule has 1 unspecified atom stereocenters. The van der Waals surface area contributed by atoms with Gasteiger partial charge in [0.05, 0.1) is 11.6 Å². The summed E-state index contributed by atoms with van der Waals surface area (Å²) in [5, 5.41) is 9.72. The zero-order valence-corrected chi connectivity index (χ0v) is 8.84. The Balaban J connectivity index is 2.41. The molecule has 76 valence electrons. The van der Waals surface area contributed by atoms with Crippen LogP contribution in [0.15, 0.2) is 12.1 Å². The minimum absolute atomic E-state index is 0.137. The van der Waals surface area contributed by atoms with Crippen LogP contribution >= 0.6 is 11.6 Å². The summed E-state index contributed by atoms with van der Waals surface area (Å²) in [5.74, 6) is 0.957. The molecule has 0 bridgehead atoms. The number of rotatable bonds is 2. The molecule has 1 aliphatic heterocycles. The van der Waals surface area contributed by atoms with Crippen molar-refractivity contribution in [3.05, 3.63) is 28.3 Å². The SMILES string of the molecule is CC(CO)c1cc(Cl)c2c(c1)CCO2. The van der Waals surface area contributed by atoms with Crippen LogP contribution in [0.3, 0.4) is 0 Å². The molecule has 1 aromatic rings. The first-order valence-corrected chi connectivity index (χ1v) is 5.16. The van der Waals surface area contributed by atoms with E-state index in [2.05, 4.69) is 6.07 Å². The van der Waals surface area contributed by atoms with Crippen LogP contribution in [0, 0.1) is 0 Å². The van der Waals surface area contributed by atoms with Crippen LogP contribution in [-0.4, -0.2) is 18.3 Å². The highest BCUT2D eigenvalue weighted by atomic mass is 35.5. The minimum atomic E-state index is 0.137. The number of benzene rings is 1. The first-order valence-electron chi connectivity index (χ1n) is 4.78. The number of aliphatic hydroxyl groups excluding tert-OH is 1. The maximum Gasteiger partial charge on any atom is 0.141 e. The second kappa shape index (κ2) is 3.79. The normalized spacial score (nSPS) is 16.2. The van der Waals surface area contributed by atoms with Crippen molar-refractivity contribution >= 4 is 11.6 Å². The lowest BCUT2D eigenvalue weighted by Gasteiger charge is -2.11. The number of halogens is 1. The zero-order chi connectivity index (χ0) is 10.1. The monoisotopic (exact) mass is 212 g/mol. The average molecular weight is 213 g/mol. The molecule has 2 rings (SSSR count). The Bertz CT molecular complexity index is 349. The molecule has 0 radical (unpaired) electrons. The molecule has 0 saturated carbocycles.